The van der Waals surface area contributed by atoms with Gasteiger partial charge in [0.05, 0.1) is 0 Å². The Labute approximate surface area is 167 Å². The molecule has 0 spiro atoms. The SMILES string of the molecule is CCCCCCCCc1cc2ccccc2c(O)c1CCCCCCCC. The second-order valence-corrected chi connectivity index (χ2v) is 8.12. The molecule has 0 fully saturated rings. The number of hydrogen-bond donors (Lipinski definition) is 1. The van der Waals surface area contributed by atoms with Gasteiger partial charge in [-0.3, -0.25) is 0 Å². The maximum absolute atomic E-state index is 10.9. The van der Waals surface area contributed by atoms with Crippen molar-refractivity contribution in [1.29, 1.82) is 0 Å². The van der Waals surface area contributed by atoms with Gasteiger partial charge < -0.3 is 5.11 Å². The molecule has 0 radical (unpaired) electrons. The lowest BCUT2D eigenvalue weighted by Crippen LogP contribution is -1.98. The minimum absolute atomic E-state index is 0.544. The fourth-order valence-electron chi connectivity index (χ4n) is 4.11. The Hall–Kier alpha value is -1.50. The molecule has 0 saturated heterocycles. The normalized spacial score (nSPS) is 11.3. The monoisotopic (exact) mass is 368 g/mol. The van der Waals surface area contributed by atoms with Crippen molar-refractivity contribution in [3.8, 4) is 5.75 Å². The number of fused-ring (bicyclic) bond motifs is 1. The number of aromatic hydroxyl groups is 1. The van der Waals surface area contributed by atoms with Crippen LogP contribution in [0, 0.1) is 0 Å². The standard InChI is InChI=1S/C26H40O/c1-3-5-7-9-11-13-17-22-21-23-18-15-16-20-25(23)26(27)24(22)19-14-12-10-8-6-4-2/h15-16,18,20-21,27H,3-14,17,19H2,1-2H3. The molecule has 2 rings (SSSR count). The van der Waals surface area contributed by atoms with Gasteiger partial charge in [0.2, 0.25) is 0 Å². The number of hydrogen-bond acceptors (Lipinski definition) is 1. The molecule has 0 aliphatic carbocycles. The molecular weight excluding hydrogens is 328 g/mol. The predicted octanol–water partition coefficient (Wildman–Crippen LogP) is 8.35. The van der Waals surface area contributed by atoms with E-state index >= 15 is 0 Å². The van der Waals surface area contributed by atoms with Crippen molar-refractivity contribution >= 4 is 10.8 Å². The van der Waals surface area contributed by atoms with Gasteiger partial charge in [0.15, 0.2) is 0 Å². The first-order valence-corrected chi connectivity index (χ1v) is 11.5. The number of phenolic OH excluding ortho intramolecular Hbond substituents is 1. The van der Waals surface area contributed by atoms with Crippen molar-refractivity contribution in [3.63, 3.8) is 0 Å². The number of phenols is 1. The highest BCUT2D eigenvalue weighted by Gasteiger charge is 2.12. The van der Waals surface area contributed by atoms with Crippen LogP contribution >= 0.6 is 0 Å². The fourth-order valence-corrected chi connectivity index (χ4v) is 4.11. The molecule has 0 aliphatic heterocycles. The predicted molar refractivity (Wildman–Crippen MR) is 120 cm³/mol. The van der Waals surface area contributed by atoms with Gasteiger partial charge in [-0.05, 0) is 42.2 Å². The minimum Gasteiger partial charge on any atom is -0.507 e. The van der Waals surface area contributed by atoms with Crippen LogP contribution in [0.5, 0.6) is 5.75 Å². The molecule has 0 atom stereocenters. The molecule has 0 heterocycles. The summed E-state index contributed by atoms with van der Waals surface area (Å²) in [4.78, 5) is 0. The molecule has 0 amide bonds. The number of aryl methyl sites for hydroxylation is 1. The highest BCUT2D eigenvalue weighted by molar-refractivity contribution is 5.90. The molecule has 1 heteroatoms. The van der Waals surface area contributed by atoms with E-state index in [-0.39, 0.29) is 0 Å². The van der Waals surface area contributed by atoms with Crippen molar-refractivity contribution in [2.24, 2.45) is 0 Å². The summed E-state index contributed by atoms with van der Waals surface area (Å²) in [5, 5.41) is 13.1. The summed E-state index contributed by atoms with van der Waals surface area (Å²) in [5.41, 5.74) is 2.60. The fraction of sp³-hybridized carbons (Fsp3) is 0.615. The summed E-state index contributed by atoms with van der Waals surface area (Å²) in [7, 11) is 0. The van der Waals surface area contributed by atoms with Crippen LogP contribution in [-0.2, 0) is 12.8 Å². The highest BCUT2D eigenvalue weighted by atomic mass is 16.3. The van der Waals surface area contributed by atoms with Crippen molar-refractivity contribution < 1.29 is 5.11 Å². The van der Waals surface area contributed by atoms with E-state index in [9.17, 15) is 5.11 Å². The Morgan fingerprint density at radius 1 is 0.667 bits per heavy atom. The van der Waals surface area contributed by atoms with Gasteiger partial charge in [-0.25, -0.2) is 0 Å². The van der Waals surface area contributed by atoms with Crippen LogP contribution in [0.3, 0.4) is 0 Å². The van der Waals surface area contributed by atoms with Gasteiger partial charge in [-0.15, -0.1) is 0 Å². The smallest absolute Gasteiger partial charge is 0.126 e. The number of rotatable bonds is 14. The number of benzene rings is 2. The van der Waals surface area contributed by atoms with Crippen molar-refractivity contribution in [3.05, 3.63) is 41.5 Å². The number of unbranched alkanes of at least 4 members (excludes halogenated alkanes) is 10. The molecule has 0 aromatic heterocycles. The van der Waals surface area contributed by atoms with E-state index in [1.807, 2.05) is 6.07 Å². The van der Waals surface area contributed by atoms with Gasteiger partial charge in [0.25, 0.3) is 0 Å². The topological polar surface area (TPSA) is 20.2 Å². The first-order valence-electron chi connectivity index (χ1n) is 11.5. The van der Waals surface area contributed by atoms with Crippen LogP contribution in [0.2, 0.25) is 0 Å². The van der Waals surface area contributed by atoms with Crippen LogP contribution in [0.25, 0.3) is 10.8 Å². The van der Waals surface area contributed by atoms with E-state index in [0.717, 1.165) is 18.2 Å². The maximum Gasteiger partial charge on any atom is 0.126 e. The Kier molecular flexibility index (Phi) is 10.3. The third kappa shape index (κ3) is 7.20. The summed E-state index contributed by atoms with van der Waals surface area (Å²) in [6.07, 6.45) is 17.9. The van der Waals surface area contributed by atoms with E-state index < -0.39 is 0 Å². The van der Waals surface area contributed by atoms with Gasteiger partial charge in [0.1, 0.15) is 5.75 Å². The van der Waals surface area contributed by atoms with Crippen molar-refractivity contribution in [2.75, 3.05) is 0 Å². The van der Waals surface area contributed by atoms with Crippen LogP contribution in [0.1, 0.15) is 102 Å². The molecule has 0 aliphatic rings. The van der Waals surface area contributed by atoms with E-state index in [2.05, 4.69) is 38.1 Å². The Morgan fingerprint density at radius 3 is 1.89 bits per heavy atom. The lowest BCUT2D eigenvalue weighted by Gasteiger charge is -2.15. The molecule has 150 valence electrons. The molecule has 2 aromatic carbocycles. The van der Waals surface area contributed by atoms with Crippen LogP contribution in [-0.4, -0.2) is 5.11 Å². The van der Waals surface area contributed by atoms with Gasteiger partial charge in [-0.1, -0.05) is 108 Å². The molecular formula is C26H40O. The van der Waals surface area contributed by atoms with Gasteiger partial charge >= 0.3 is 0 Å². The zero-order valence-electron chi connectivity index (χ0n) is 17.7. The van der Waals surface area contributed by atoms with Crippen molar-refractivity contribution in [2.45, 2.75) is 104 Å². The van der Waals surface area contributed by atoms with Gasteiger partial charge in [-0.2, -0.15) is 0 Å². The third-order valence-corrected chi connectivity index (χ3v) is 5.80. The largest absolute Gasteiger partial charge is 0.507 e. The zero-order chi connectivity index (χ0) is 19.3. The van der Waals surface area contributed by atoms with E-state index in [1.165, 1.54) is 93.6 Å². The summed E-state index contributed by atoms with van der Waals surface area (Å²) in [5.74, 6) is 0.544. The van der Waals surface area contributed by atoms with Crippen LogP contribution < -0.4 is 0 Å². The van der Waals surface area contributed by atoms with Crippen LogP contribution in [0.4, 0.5) is 0 Å². The quantitative estimate of drug-likeness (QED) is 0.332. The zero-order valence-corrected chi connectivity index (χ0v) is 17.7. The molecule has 1 nitrogen and oxygen atoms in total. The second kappa shape index (κ2) is 12.8. The van der Waals surface area contributed by atoms with E-state index in [4.69, 9.17) is 0 Å². The van der Waals surface area contributed by atoms with Crippen LogP contribution in [0.15, 0.2) is 30.3 Å². The average Bonchev–Trinajstić information content (AvgIpc) is 2.69. The first kappa shape index (κ1) is 21.8. The van der Waals surface area contributed by atoms with Gasteiger partial charge in [0, 0.05) is 5.39 Å². The first-order chi connectivity index (χ1) is 13.3. The lowest BCUT2D eigenvalue weighted by molar-refractivity contribution is 0.470. The Morgan fingerprint density at radius 2 is 1.22 bits per heavy atom. The summed E-state index contributed by atoms with van der Waals surface area (Å²) in [6, 6.07) is 10.6. The molecule has 0 bridgehead atoms. The minimum atomic E-state index is 0.544. The maximum atomic E-state index is 10.9. The highest BCUT2D eigenvalue weighted by Crippen LogP contribution is 2.34. The lowest BCUT2D eigenvalue weighted by atomic mass is 9.92. The molecule has 1 N–H and O–H groups in total. The second-order valence-electron chi connectivity index (χ2n) is 8.12. The Balaban J connectivity index is 2.00. The molecule has 0 saturated carbocycles. The molecule has 27 heavy (non-hydrogen) atoms. The average molecular weight is 369 g/mol. The Bertz CT molecular complexity index is 659. The summed E-state index contributed by atoms with van der Waals surface area (Å²) >= 11 is 0. The molecule has 2 aromatic rings. The third-order valence-electron chi connectivity index (χ3n) is 5.80. The summed E-state index contributed by atoms with van der Waals surface area (Å²) in [6.45, 7) is 4.54. The van der Waals surface area contributed by atoms with E-state index in [0.29, 0.717) is 5.75 Å². The molecule has 0 unspecified atom stereocenters. The summed E-state index contributed by atoms with van der Waals surface area (Å²) < 4.78 is 0. The van der Waals surface area contributed by atoms with Crippen molar-refractivity contribution in [1.82, 2.24) is 0 Å². The van der Waals surface area contributed by atoms with E-state index in [1.54, 1.807) is 0 Å².